The first-order valence-electron chi connectivity index (χ1n) is 10.3. The molecule has 0 radical (unpaired) electrons. The van der Waals surface area contributed by atoms with Gasteiger partial charge in [-0.15, -0.1) is 5.10 Å². The third kappa shape index (κ3) is 4.81. The van der Waals surface area contributed by atoms with E-state index in [4.69, 9.17) is 11.6 Å². The van der Waals surface area contributed by atoms with Gasteiger partial charge in [-0.1, -0.05) is 53.6 Å². The van der Waals surface area contributed by atoms with Crippen LogP contribution in [0.25, 0.3) is 11.4 Å². The number of benzene rings is 3. The first-order valence-corrected chi connectivity index (χ1v) is 10.6. The highest BCUT2D eigenvalue weighted by Crippen LogP contribution is 2.21. The smallest absolute Gasteiger partial charge is 0.281 e. The molecule has 0 saturated heterocycles. The quantitative estimate of drug-likeness (QED) is 0.437. The number of nitrogens with one attached hydrogen (secondary N) is 1. The zero-order valence-electron chi connectivity index (χ0n) is 18.2. The maximum atomic E-state index is 13.2. The van der Waals surface area contributed by atoms with Gasteiger partial charge in [-0.25, -0.2) is 0 Å². The van der Waals surface area contributed by atoms with Gasteiger partial charge in [0.1, 0.15) is 0 Å². The van der Waals surface area contributed by atoms with E-state index in [1.165, 1.54) is 4.68 Å². The zero-order valence-corrected chi connectivity index (χ0v) is 19.0. The molecule has 32 heavy (non-hydrogen) atoms. The Labute approximate surface area is 192 Å². The van der Waals surface area contributed by atoms with Crippen LogP contribution in [0.15, 0.2) is 72.8 Å². The summed E-state index contributed by atoms with van der Waals surface area (Å²) in [6, 6.07) is 22.8. The normalized spacial score (nSPS) is 10.8. The van der Waals surface area contributed by atoms with Crippen molar-refractivity contribution in [2.24, 2.45) is 0 Å². The molecule has 6 nitrogen and oxygen atoms in total. The average Bonchev–Trinajstić information content (AvgIpc) is 3.22. The Morgan fingerprint density at radius 1 is 0.969 bits per heavy atom. The van der Waals surface area contributed by atoms with Gasteiger partial charge < -0.3 is 10.2 Å². The Bertz CT molecular complexity index is 1210. The minimum absolute atomic E-state index is 0.280. The largest absolute Gasteiger partial charge is 0.378 e. The van der Waals surface area contributed by atoms with Gasteiger partial charge in [0.05, 0.1) is 0 Å². The van der Waals surface area contributed by atoms with Crippen molar-refractivity contribution in [3.63, 3.8) is 0 Å². The number of hydrogen-bond donors (Lipinski definition) is 1. The third-order valence-electron chi connectivity index (χ3n) is 5.10. The lowest BCUT2D eigenvalue weighted by Crippen LogP contribution is -2.17. The predicted molar refractivity (Wildman–Crippen MR) is 129 cm³/mol. The SMILES string of the molecule is Cc1ccc(-c2nc(NCc3ccc(N(C)C)cc3)n(C(=O)c3ccc(Cl)cc3)n2)cc1. The summed E-state index contributed by atoms with van der Waals surface area (Å²) in [5.41, 5.74) is 4.66. The number of carbonyl (C=O) groups excluding carboxylic acids is 1. The monoisotopic (exact) mass is 445 g/mol. The Morgan fingerprint density at radius 2 is 1.62 bits per heavy atom. The minimum atomic E-state index is -0.280. The van der Waals surface area contributed by atoms with Gasteiger partial charge in [0.15, 0.2) is 5.82 Å². The lowest BCUT2D eigenvalue weighted by atomic mass is 10.1. The highest BCUT2D eigenvalue weighted by Gasteiger charge is 2.19. The second-order valence-electron chi connectivity index (χ2n) is 7.76. The molecule has 0 atom stereocenters. The molecule has 162 valence electrons. The molecule has 0 amide bonds. The Morgan fingerprint density at radius 3 is 2.25 bits per heavy atom. The molecule has 0 aliphatic rings. The molecule has 7 heteroatoms. The first-order chi connectivity index (χ1) is 15.4. The van der Waals surface area contributed by atoms with Crippen LogP contribution in [-0.2, 0) is 6.54 Å². The van der Waals surface area contributed by atoms with E-state index in [1.807, 2.05) is 62.3 Å². The molecule has 3 aromatic carbocycles. The molecular weight excluding hydrogens is 422 g/mol. The van der Waals surface area contributed by atoms with Crippen molar-refractivity contribution in [3.05, 3.63) is 94.5 Å². The van der Waals surface area contributed by atoms with Gasteiger partial charge in [-0.2, -0.15) is 9.67 Å². The van der Waals surface area contributed by atoms with E-state index in [0.717, 1.165) is 22.4 Å². The van der Waals surface area contributed by atoms with Crippen LogP contribution < -0.4 is 10.2 Å². The summed E-state index contributed by atoms with van der Waals surface area (Å²) in [7, 11) is 4.01. The molecule has 1 N–H and O–H groups in total. The topological polar surface area (TPSA) is 63.1 Å². The highest BCUT2D eigenvalue weighted by molar-refractivity contribution is 6.30. The number of aryl methyl sites for hydroxylation is 1. The molecule has 0 spiro atoms. The van der Waals surface area contributed by atoms with Crippen molar-refractivity contribution in [2.75, 3.05) is 24.3 Å². The molecule has 1 heterocycles. The van der Waals surface area contributed by atoms with E-state index >= 15 is 0 Å². The summed E-state index contributed by atoms with van der Waals surface area (Å²) in [6.45, 7) is 2.53. The van der Waals surface area contributed by atoms with Crippen molar-refractivity contribution >= 4 is 29.1 Å². The number of halogens is 1. The Balaban J connectivity index is 1.64. The number of carbonyl (C=O) groups is 1. The molecule has 1 aromatic heterocycles. The van der Waals surface area contributed by atoms with E-state index in [1.54, 1.807) is 24.3 Å². The lowest BCUT2D eigenvalue weighted by molar-refractivity contribution is 0.0947. The minimum Gasteiger partial charge on any atom is -0.378 e. The van der Waals surface area contributed by atoms with E-state index in [0.29, 0.717) is 28.9 Å². The van der Waals surface area contributed by atoms with Gasteiger partial charge in [0.2, 0.25) is 5.95 Å². The number of anilines is 2. The van der Waals surface area contributed by atoms with E-state index in [-0.39, 0.29) is 5.91 Å². The Hall–Kier alpha value is -3.64. The van der Waals surface area contributed by atoms with Crippen LogP contribution in [0.3, 0.4) is 0 Å². The van der Waals surface area contributed by atoms with Gasteiger partial charge >= 0.3 is 0 Å². The van der Waals surface area contributed by atoms with Crippen molar-refractivity contribution in [3.8, 4) is 11.4 Å². The second-order valence-corrected chi connectivity index (χ2v) is 8.20. The van der Waals surface area contributed by atoms with Gasteiger partial charge in [-0.3, -0.25) is 4.79 Å². The van der Waals surface area contributed by atoms with Crippen LogP contribution in [0, 0.1) is 6.92 Å². The fraction of sp³-hybridized carbons (Fsp3) is 0.160. The van der Waals surface area contributed by atoms with Crippen LogP contribution in [0.1, 0.15) is 21.5 Å². The third-order valence-corrected chi connectivity index (χ3v) is 5.36. The standard InChI is InChI=1S/C25H24ClN5O/c1-17-4-8-19(9-5-17)23-28-25(27-16-18-6-14-22(15-7-18)30(2)3)31(29-23)24(32)20-10-12-21(26)13-11-20/h4-15H,16H2,1-3H3,(H,27,28,29). The first kappa shape index (κ1) is 21.6. The van der Waals surface area contributed by atoms with Crippen molar-refractivity contribution in [2.45, 2.75) is 13.5 Å². The fourth-order valence-corrected chi connectivity index (χ4v) is 3.33. The van der Waals surface area contributed by atoms with Crippen molar-refractivity contribution in [1.29, 1.82) is 0 Å². The number of hydrogen-bond acceptors (Lipinski definition) is 5. The molecule has 0 aliphatic carbocycles. The van der Waals surface area contributed by atoms with Crippen LogP contribution >= 0.6 is 11.6 Å². The van der Waals surface area contributed by atoms with Gasteiger partial charge in [0, 0.05) is 42.5 Å². The van der Waals surface area contributed by atoms with Crippen LogP contribution in [0.5, 0.6) is 0 Å². The molecule has 0 unspecified atom stereocenters. The molecule has 0 bridgehead atoms. The maximum Gasteiger partial charge on any atom is 0.281 e. The predicted octanol–water partition coefficient (Wildman–Crippen LogP) is 5.27. The number of nitrogens with zero attached hydrogens (tertiary/aromatic N) is 4. The lowest BCUT2D eigenvalue weighted by Gasteiger charge is -2.13. The summed E-state index contributed by atoms with van der Waals surface area (Å²) in [6.07, 6.45) is 0. The van der Waals surface area contributed by atoms with Crippen LogP contribution in [0.2, 0.25) is 5.02 Å². The maximum absolute atomic E-state index is 13.2. The molecule has 0 saturated carbocycles. The second kappa shape index (κ2) is 9.24. The van der Waals surface area contributed by atoms with Crippen LogP contribution in [-0.4, -0.2) is 34.8 Å². The van der Waals surface area contributed by atoms with E-state index in [9.17, 15) is 4.79 Å². The van der Waals surface area contributed by atoms with Gasteiger partial charge in [-0.05, 0) is 48.9 Å². The summed E-state index contributed by atoms with van der Waals surface area (Å²) in [5.74, 6) is 0.591. The van der Waals surface area contributed by atoms with E-state index < -0.39 is 0 Å². The average molecular weight is 446 g/mol. The summed E-state index contributed by atoms with van der Waals surface area (Å²) < 4.78 is 1.31. The Kier molecular flexibility index (Phi) is 6.23. The number of aromatic nitrogens is 3. The molecule has 0 aliphatic heterocycles. The summed E-state index contributed by atoms with van der Waals surface area (Å²) >= 11 is 5.98. The number of rotatable bonds is 6. The molecule has 4 aromatic rings. The summed E-state index contributed by atoms with van der Waals surface area (Å²) in [4.78, 5) is 19.8. The zero-order chi connectivity index (χ0) is 22.7. The van der Waals surface area contributed by atoms with Gasteiger partial charge in [0.25, 0.3) is 5.91 Å². The van der Waals surface area contributed by atoms with Crippen LogP contribution in [0.4, 0.5) is 11.6 Å². The highest BCUT2D eigenvalue weighted by atomic mass is 35.5. The van der Waals surface area contributed by atoms with Crippen molar-refractivity contribution < 1.29 is 4.79 Å². The summed E-state index contributed by atoms with van der Waals surface area (Å²) in [5, 5.41) is 8.35. The van der Waals surface area contributed by atoms with Crippen molar-refractivity contribution in [1.82, 2.24) is 14.8 Å². The molecule has 4 rings (SSSR count). The molecule has 0 fully saturated rings. The fourth-order valence-electron chi connectivity index (χ4n) is 3.20. The van der Waals surface area contributed by atoms with E-state index in [2.05, 4.69) is 27.5 Å². The molecular formula is C25H24ClN5O.